The number of pyridine rings is 1. The van der Waals surface area contributed by atoms with E-state index >= 15 is 0 Å². The highest BCUT2D eigenvalue weighted by atomic mass is 16.5. The minimum absolute atomic E-state index is 0.121. The van der Waals surface area contributed by atoms with E-state index in [0.29, 0.717) is 19.6 Å². The summed E-state index contributed by atoms with van der Waals surface area (Å²) in [4.78, 5) is 16.7. The fourth-order valence-corrected chi connectivity index (χ4v) is 3.28. The number of carbonyl (C=O) groups is 1. The highest BCUT2D eigenvalue weighted by Gasteiger charge is 2.04. The van der Waals surface area contributed by atoms with E-state index in [0.717, 1.165) is 33.9 Å². The molecule has 5 nitrogen and oxygen atoms in total. The molecule has 0 bridgehead atoms. The zero-order valence-electron chi connectivity index (χ0n) is 17.5. The molecule has 0 spiro atoms. The topological polar surface area (TPSA) is 55.6 Å². The smallest absolute Gasteiger partial charge is 0.244 e. The summed E-state index contributed by atoms with van der Waals surface area (Å²) in [5.74, 6) is 0.678. The molecule has 4 rings (SSSR count). The number of ether oxygens (including phenoxy) is 1. The number of nitrogens with zero attached hydrogens (tertiary/aromatic N) is 2. The molecule has 1 amide bonds. The van der Waals surface area contributed by atoms with E-state index in [2.05, 4.69) is 14.7 Å². The van der Waals surface area contributed by atoms with Crippen LogP contribution in [-0.2, 0) is 17.8 Å². The predicted octanol–water partition coefficient (Wildman–Crippen LogP) is 4.59. The number of nitrogens with one attached hydrogen (secondary N) is 1. The maximum atomic E-state index is 12.1. The lowest BCUT2D eigenvalue weighted by atomic mass is 10.2. The molecule has 0 unspecified atom stereocenters. The quantitative estimate of drug-likeness (QED) is 0.431. The van der Waals surface area contributed by atoms with Gasteiger partial charge in [-0.25, -0.2) is 4.98 Å². The maximum absolute atomic E-state index is 12.1. The number of fused-ring (bicyclic) bond motifs is 1. The highest BCUT2D eigenvalue weighted by Crippen LogP contribution is 2.15. The van der Waals surface area contributed by atoms with Gasteiger partial charge in [-0.3, -0.25) is 4.79 Å². The molecule has 31 heavy (non-hydrogen) atoms. The van der Waals surface area contributed by atoms with Crippen LogP contribution in [0.2, 0.25) is 0 Å². The van der Waals surface area contributed by atoms with Crippen LogP contribution >= 0.6 is 0 Å². The number of carbonyl (C=O) groups excluding carboxylic acids is 1. The summed E-state index contributed by atoms with van der Waals surface area (Å²) in [6, 6.07) is 23.8. The van der Waals surface area contributed by atoms with Crippen molar-refractivity contribution in [3.63, 3.8) is 0 Å². The molecule has 0 fully saturated rings. The van der Waals surface area contributed by atoms with E-state index in [9.17, 15) is 4.79 Å². The second-order valence-corrected chi connectivity index (χ2v) is 7.35. The Morgan fingerprint density at radius 1 is 1.03 bits per heavy atom. The van der Waals surface area contributed by atoms with Gasteiger partial charge in [-0.1, -0.05) is 48.5 Å². The lowest BCUT2D eigenvalue weighted by molar-refractivity contribution is -0.116. The van der Waals surface area contributed by atoms with Crippen LogP contribution in [0, 0.1) is 6.92 Å². The molecular formula is C26H25N3O2. The molecule has 0 atom stereocenters. The summed E-state index contributed by atoms with van der Waals surface area (Å²) in [6.45, 7) is 3.12. The second-order valence-electron chi connectivity index (χ2n) is 7.35. The van der Waals surface area contributed by atoms with E-state index in [1.54, 1.807) is 12.2 Å². The van der Waals surface area contributed by atoms with Gasteiger partial charge in [-0.05, 0) is 48.4 Å². The highest BCUT2D eigenvalue weighted by molar-refractivity contribution is 5.91. The van der Waals surface area contributed by atoms with Crippen molar-refractivity contribution in [2.75, 3.05) is 6.54 Å². The number of hydrogen-bond acceptors (Lipinski definition) is 3. The van der Waals surface area contributed by atoms with Gasteiger partial charge in [0.2, 0.25) is 5.91 Å². The average Bonchev–Trinajstić information content (AvgIpc) is 3.22. The summed E-state index contributed by atoms with van der Waals surface area (Å²) in [5.41, 5.74) is 5.10. The normalized spacial score (nSPS) is 11.1. The van der Waals surface area contributed by atoms with Gasteiger partial charge in [0.25, 0.3) is 0 Å². The van der Waals surface area contributed by atoms with Gasteiger partial charge in [0.15, 0.2) is 0 Å². The lowest BCUT2D eigenvalue weighted by Crippen LogP contribution is -2.23. The largest absolute Gasteiger partial charge is 0.489 e. The fraction of sp³-hybridized carbons (Fsp3) is 0.154. The summed E-state index contributed by atoms with van der Waals surface area (Å²) >= 11 is 0. The van der Waals surface area contributed by atoms with Crippen molar-refractivity contribution in [1.82, 2.24) is 14.7 Å². The minimum atomic E-state index is -0.121. The number of rotatable bonds is 8. The van der Waals surface area contributed by atoms with E-state index in [1.165, 1.54) is 0 Å². The summed E-state index contributed by atoms with van der Waals surface area (Å²) in [6.07, 6.45) is 6.06. The fourth-order valence-electron chi connectivity index (χ4n) is 3.28. The van der Waals surface area contributed by atoms with Crippen LogP contribution in [0.15, 0.2) is 85.1 Å². The van der Waals surface area contributed by atoms with Crippen LogP contribution in [0.25, 0.3) is 11.7 Å². The Kier molecular flexibility index (Phi) is 6.43. The number of aryl methyl sites for hydroxylation is 1. The molecular weight excluding hydrogens is 386 g/mol. The third kappa shape index (κ3) is 5.60. The molecule has 0 saturated heterocycles. The molecule has 0 aliphatic rings. The third-order valence-corrected chi connectivity index (χ3v) is 4.98. The van der Waals surface area contributed by atoms with Crippen LogP contribution in [0.4, 0.5) is 0 Å². The first-order valence-corrected chi connectivity index (χ1v) is 10.3. The van der Waals surface area contributed by atoms with Crippen LogP contribution in [-0.4, -0.2) is 21.8 Å². The lowest BCUT2D eigenvalue weighted by Gasteiger charge is -2.06. The second kappa shape index (κ2) is 9.76. The summed E-state index contributed by atoms with van der Waals surface area (Å²) in [7, 11) is 0. The van der Waals surface area contributed by atoms with Crippen molar-refractivity contribution in [1.29, 1.82) is 0 Å². The average molecular weight is 412 g/mol. The molecule has 156 valence electrons. The molecule has 4 aromatic rings. The van der Waals surface area contributed by atoms with Gasteiger partial charge in [0.1, 0.15) is 18.0 Å². The SMILES string of the molecule is Cc1cccc2nc(CCNC(=O)/C=C/c3ccc(OCc4ccccc4)cc3)cn12. The Morgan fingerprint density at radius 2 is 1.84 bits per heavy atom. The first-order valence-electron chi connectivity index (χ1n) is 10.3. The van der Waals surface area contributed by atoms with Crippen molar-refractivity contribution in [3.05, 3.63) is 108 Å². The minimum Gasteiger partial charge on any atom is -0.489 e. The van der Waals surface area contributed by atoms with Crippen molar-refractivity contribution in [2.45, 2.75) is 20.0 Å². The van der Waals surface area contributed by atoms with E-state index in [4.69, 9.17) is 4.74 Å². The molecule has 0 aliphatic carbocycles. The van der Waals surface area contributed by atoms with E-state index < -0.39 is 0 Å². The Balaban J connectivity index is 1.23. The number of aromatic nitrogens is 2. The Hall–Kier alpha value is -3.86. The molecule has 0 aliphatic heterocycles. The van der Waals surface area contributed by atoms with Crippen LogP contribution in [0.1, 0.15) is 22.5 Å². The first-order chi connectivity index (χ1) is 15.2. The van der Waals surface area contributed by atoms with Crippen LogP contribution in [0.3, 0.4) is 0 Å². The monoisotopic (exact) mass is 411 g/mol. The van der Waals surface area contributed by atoms with E-state index in [-0.39, 0.29) is 5.91 Å². The van der Waals surface area contributed by atoms with Crippen LogP contribution in [0.5, 0.6) is 5.75 Å². The van der Waals surface area contributed by atoms with E-state index in [1.807, 2.05) is 85.9 Å². The Morgan fingerprint density at radius 3 is 2.61 bits per heavy atom. The molecule has 2 aromatic carbocycles. The summed E-state index contributed by atoms with van der Waals surface area (Å²) in [5, 5.41) is 2.91. The van der Waals surface area contributed by atoms with Crippen LogP contribution < -0.4 is 10.1 Å². The molecule has 0 saturated carbocycles. The van der Waals surface area contributed by atoms with Gasteiger partial charge in [0, 0.05) is 30.9 Å². The van der Waals surface area contributed by atoms with Crippen molar-refractivity contribution >= 4 is 17.6 Å². The molecule has 2 heterocycles. The van der Waals surface area contributed by atoms with Crippen molar-refractivity contribution < 1.29 is 9.53 Å². The predicted molar refractivity (Wildman–Crippen MR) is 123 cm³/mol. The maximum Gasteiger partial charge on any atom is 0.244 e. The van der Waals surface area contributed by atoms with Gasteiger partial charge in [-0.15, -0.1) is 0 Å². The zero-order chi connectivity index (χ0) is 21.5. The van der Waals surface area contributed by atoms with Gasteiger partial charge in [-0.2, -0.15) is 0 Å². The number of amides is 1. The molecule has 1 N–H and O–H groups in total. The zero-order valence-corrected chi connectivity index (χ0v) is 17.5. The summed E-state index contributed by atoms with van der Waals surface area (Å²) < 4.78 is 7.85. The Labute approximate surface area is 182 Å². The van der Waals surface area contributed by atoms with Gasteiger partial charge >= 0.3 is 0 Å². The number of hydrogen-bond donors (Lipinski definition) is 1. The van der Waals surface area contributed by atoms with Gasteiger partial charge in [0.05, 0.1) is 5.69 Å². The van der Waals surface area contributed by atoms with Gasteiger partial charge < -0.3 is 14.5 Å². The van der Waals surface area contributed by atoms with Crippen molar-refractivity contribution in [2.24, 2.45) is 0 Å². The van der Waals surface area contributed by atoms with Crippen molar-refractivity contribution in [3.8, 4) is 5.75 Å². The first kappa shape index (κ1) is 20.4. The number of benzene rings is 2. The standard InChI is InChI=1S/C26H25N3O2/c1-20-6-5-9-25-28-23(18-29(20)25)16-17-27-26(30)15-12-21-10-13-24(14-11-21)31-19-22-7-3-2-4-8-22/h2-15,18H,16-17,19H2,1H3,(H,27,30)/b15-12+. The number of imidazole rings is 1. The molecule has 0 radical (unpaired) electrons. The third-order valence-electron chi connectivity index (χ3n) is 4.98. The molecule has 2 aromatic heterocycles. The Bertz CT molecular complexity index is 1180. The molecule has 5 heteroatoms.